The quantitative estimate of drug-likeness (QED) is 0.351. The summed E-state index contributed by atoms with van der Waals surface area (Å²) in [6, 6.07) is 7.84. The number of likely N-dealkylation sites (tertiary alicyclic amines) is 1. The van der Waals surface area contributed by atoms with Crippen LogP contribution < -0.4 is 10.6 Å². The van der Waals surface area contributed by atoms with Crippen molar-refractivity contribution < 1.29 is 23.1 Å². The molecule has 0 spiro atoms. The molecule has 1 aromatic rings. The van der Waals surface area contributed by atoms with Crippen LogP contribution in [-0.2, 0) is 26.0 Å². The molecule has 0 bridgehead atoms. The Kier molecular flexibility index (Phi) is 11.5. The third-order valence-electron chi connectivity index (χ3n) is 6.52. The molecule has 3 N–H and O–H groups in total. The maximum absolute atomic E-state index is 13.5. The molecule has 1 aliphatic rings. The van der Waals surface area contributed by atoms with Crippen molar-refractivity contribution >= 4 is 21.8 Å². The molecule has 1 fully saturated rings. The van der Waals surface area contributed by atoms with Crippen molar-refractivity contribution in [2.24, 2.45) is 11.3 Å². The number of aliphatic hydroxyl groups excluding tert-OH is 1. The van der Waals surface area contributed by atoms with Gasteiger partial charge in [0.15, 0.2) is 0 Å². The summed E-state index contributed by atoms with van der Waals surface area (Å²) in [5.41, 5.74) is 0.315. The number of rotatable bonds is 13. The van der Waals surface area contributed by atoms with Gasteiger partial charge < -0.3 is 15.7 Å². The Labute approximate surface area is 223 Å². The van der Waals surface area contributed by atoms with E-state index in [-0.39, 0.29) is 31.5 Å². The lowest BCUT2D eigenvalue weighted by atomic mass is 9.85. The van der Waals surface area contributed by atoms with Gasteiger partial charge in [-0.1, -0.05) is 65.0 Å². The molecular formula is C27H46N4O5S. The van der Waals surface area contributed by atoms with Crippen LogP contribution in [0.3, 0.4) is 0 Å². The van der Waals surface area contributed by atoms with Crippen molar-refractivity contribution in [2.45, 2.75) is 72.1 Å². The monoisotopic (exact) mass is 538 g/mol. The second-order valence-corrected chi connectivity index (χ2v) is 13.7. The highest BCUT2D eigenvalue weighted by Crippen LogP contribution is 2.21. The third kappa shape index (κ3) is 10.7. The predicted molar refractivity (Wildman–Crippen MR) is 146 cm³/mol. The van der Waals surface area contributed by atoms with Gasteiger partial charge >= 0.3 is 0 Å². The van der Waals surface area contributed by atoms with E-state index in [1.807, 2.05) is 65.0 Å². The maximum atomic E-state index is 13.5. The predicted octanol–water partition coefficient (Wildman–Crippen LogP) is 1.62. The van der Waals surface area contributed by atoms with Crippen molar-refractivity contribution in [3.05, 3.63) is 35.9 Å². The molecule has 1 aromatic carbocycles. The minimum absolute atomic E-state index is 0.0696. The fourth-order valence-corrected chi connectivity index (χ4v) is 5.52. The number of carbonyl (C=O) groups excluding carboxylic acids is 2. The van der Waals surface area contributed by atoms with E-state index in [1.165, 1.54) is 4.31 Å². The molecule has 3 atom stereocenters. The summed E-state index contributed by atoms with van der Waals surface area (Å²) in [6.45, 7) is 11.6. The van der Waals surface area contributed by atoms with E-state index in [1.54, 1.807) is 0 Å². The number of carbonyl (C=O) groups is 2. The van der Waals surface area contributed by atoms with Gasteiger partial charge in [0.1, 0.15) is 6.04 Å². The molecule has 0 radical (unpaired) electrons. The van der Waals surface area contributed by atoms with Gasteiger partial charge in [0.2, 0.25) is 21.8 Å². The highest BCUT2D eigenvalue weighted by atomic mass is 32.2. The number of sulfonamides is 1. The van der Waals surface area contributed by atoms with E-state index in [0.717, 1.165) is 37.8 Å². The second kappa shape index (κ2) is 13.7. The fraction of sp³-hybridized carbons (Fsp3) is 0.704. The lowest BCUT2D eigenvalue weighted by Crippen LogP contribution is -2.59. The van der Waals surface area contributed by atoms with Crippen LogP contribution in [0.4, 0.5) is 0 Å². The first-order valence-electron chi connectivity index (χ1n) is 13.2. The number of hydrogen-bond acceptors (Lipinski definition) is 6. The summed E-state index contributed by atoms with van der Waals surface area (Å²) in [5, 5.41) is 17.1. The highest BCUT2D eigenvalue weighted by molar-refractivity contribution is 7.88. The molecule has 2 rings (SSSR count). The molecule has 37 heavy (non-hydrogen) atoms. The van der Waals surface area contributed by atoms with Crippen molar-refractivity contribution in [1.82, 2.24) is 19.8 Å². The number of benzene rings is 1. The van der Waals surface area contributed by atoms with Crippen molar-refractivity contribution in [3.8, 4) is 0 Å². The van der Waals surface area contributed by atoms with Gasteiger partial charge in [-0.2, -0.15) is 4.31 Å². The van der Waals surface area contributed by atoms with E-state index in [2.05, 4.69) is 15.5 Å². The SMILES string of the molecule is CC(C)CN(CC(O)C(Cc1ccccc1)NC(=O)C(NC(=O)CN1CCCC1)C(C)(C)C)S(C)(=O)=O. The molecule has 0 saturated carbocycles. The first-order valence-corrected chi connectivity index (χ1v) is 15.0. The summed E-state index contributed by atoms with van der Waals surface area (Å²) in [6.07, 6.45) is 2.41. The lowest BCUT2D eigenvalue weighted by molar-refractivity contribution is -0.133. The standard InChI is InChI=1S/C27H46N4O5S/c1-20(2)17-31(37(6,35)36)18-23(32)22(16-21-12-8-7-9-13-21)28-26(34)25(27(3,4)5)29-24(33)19-30-14-10-11-15-30/h7-9,12-13,20,22-23,25,32H,10-11,14-19H2,1-6H3,(H,28,34)(H,29,33). The van der Waals surface area contributed by atoms with Gasteiger partial charge in [0.25, 0.3) is 0 Å². The van der Waals surface area contributed by atoms with Crippen LogP contribution in [0, 0.1) is 11.3 Å². The summed E-state index contributed by atoms with van der Waals surface area (Å²) < 4.78 is 26.0. The molecule has 9 nitrogen and oxygen atoms in total. The number of hydrogen-bond donors (Lipinski definition) is 3. The molecule has 0 aromatic heterocycles. The van der Waals surface area contributed by atoms with Crippen molar-refractivity contribution in [3.63, 3.8) is 0 Å². The zero-order valence-corrected chi connectivity index (χ0v) is 24.1. The molecule has 1 saturated heterocycles. The van der Waals surface area contributed by atoms with Crippen LogP contribution in [0.25, 0.3) is 0 Å². The molecule has 10 heteroatoms. The summed E-state index contributed by atoms with van der Waals surface area (Å²) in [4.78, 5) is 28.4. The van der Waals surface area contributed by atoms with Crippen LogP contribution in [0.5, 0.6) is 0 Å². The first-order chi connectivity index (χ1) is 17.2. The summed E-state index contributed by atoms with van der Waals surface area (Å²) in [7, 11) is -3.56. The number of nitrogens with one attached hydrogen (secondary N) is 2. The Balaban J connectivity index is 2.23. The van der Waals surface area contributed by atoms with Gasteiger partial charge in [0, 0.05) is 13.1 Å². The van der Waals surface area contributed by atoms with E-state index in [0.29, 0.717) is 6.42 Å². The zero-order chi connectivity index (χ0) is 27.8. The van der Waals surface area contributed by atoms with Gasteiger partial charge in [-0.3, -0.25) is 14.5 Å². The topological polar surface area (TPSA) is 119 Å². The normalized spacial score (nSPS) is 17.5. The van der Waals surface area contributed by atoms with E-state index in [9.17, 15) is 23.1 Å². The summed E-state index contributed by atoms with van der Waals surface area (Å²) >= 11 is 0. The number of aliphatic hydroxyl groups is 1. The van der Waals surface area contributed by atoms with E-state index < -0.39 is 39.5 Å². The van der Waals surface area contributed by atoms with Gasteiger partial charge in [-0.15, -0.1) is 0 Å². The molecule has 3 unspecified atom stereocenters. The Morgan fingerprint density at radius 2 is 1.65 bits per heavy atom. The minimum atomic E-state index is -3.56. The Morgan fingerprint density at radius 3 is 2.16 bits per heavy atom. The van der Waals surface area contributed by atoms with Crippen LogP contribution in [-0.4, -0.2) is 91.7 Å². The lowest BCUT2D eigenvalue weighted by Gasteiger charge is -2.34. The van der Waals surface area contributed by atoms with Crippen LogP contribution in [0.1, 0.15) is 53.0 Å². The molecule has 1 heterocycles. The largest absolute Gasteiger partial charge is 0.390 e. The van der Waals surface area contributed by atoms with E-state index in [4.69, 9.17) is 0 Å². The fourth-order valence-electron chi connectivity index (χ4n) is 4.53. The van der Waals surface area contributed by atoms with Crippen LogP contribution in [0.2, 0.25) is 0 Å². The Hall–Kier alpha value is -2.01. The van der Waals surface area contributed by atoms with Gasteiger partial charge in [0.05, 0.1) is 24.9 Å². The molecule has 0 aliphatic carbocycles. The maximum Gasteiger partial charge on any atom is 0.243 e. The van der Waals surface area contributed by atoms with Crippen LogP contribution in [0.15, 0.2) is 30.3 Å². The van der Waals surface area contributed by atoms with Crippen molar-refractivity contribution in [1.29, 1.82) is 0 Å². The Morgan fingerprint density at radius 1 is 1.05 bits per heavy atom. The van der Waals surface area contributed by atoms with E-state index >= 15 is 0 Å². The smallest absolute Gasteiger partial charge is 0.243 e. The first kappa shape index (κ1) is 31.2. The van der Waals surface area contributed by atoms with Crippen LogP contribution >= 0.6 is 0 Å². The molecular weight excluding hydrogens is 492 g/mol. The summed E-state index contributed by atoms with van der Waals surface area (Å²) in [5.74, 6) is -0.547. The van der Waals surface area contributed by atoms with Gasteiger partial charge in [-0.25, -0.2) is 8.42 Å². The average molecular weight is 539 g/mol. The number of nitrogens with zero attached hydrogens (tertiary/aromatic N) is 2. The second-order valence-electron chi connectivity index (χ2n) is 11.7. The van der Waals surface area contributed by atoms with Crippen molar-refractivity contribution in [2.75, 3.05) is 39.0 Å². The average Bonchev–Trinajstić information content (AvgIpc) is 3.28. The molecule has 210 valence electrons. The number of amides is 2. The Bertz CT molecular complexity index is 972. The highest BCUT2D eigenvalue weighted by Gasteiger charge is 2.36. The zero-order valence-electron chi connectivity index (χ0n) is 23.2. The van der Waals surface area contributed by atoms with Gasteiger partial charge in [-0.05, 0) is 49.2 Å². The molecule has 1 aliphatic heterocycles. The molecule has 2 amide bonds. The minimum Gasteiger partial charge on any atom is -0.390 e. The third-order valence-corrected chi connectivity index (χ3v) is 7.75.